The maximum absolute atomic E-state index is 12.9. The van der Waals surface area contributed by atoms with Gasteiger partial charge in [0, 0.05) is 45.0 Å². The molecule has 0 aliphatic carbocycles. The fraction of sp³-hybridized carbons (Fsp3) is 0.545. The Bertz CT molecular complexity index is 803. The molecule has 0 saturated carbocycles. The van der Waals surface area contributed by atoms with Crippen LogP contribution >= 0.6 is 0 Å². The van der Waals surface area contributed by atoms with Crippen molar-refractivity contribution in [3.05, 3.63) is 29.8 Å². The monoisotopic (exact) mass is 429 g/mol. The largest absolute Gasteiger partial charge is 0.353 e. The van der Waals surface area contributed by atoms with Gasteiger partial charge in [-0.25, -0.2) is 0 Å². The van der Waals surface area contributed by atoms with Gasteiger partial charge in [0.25, 0.3) is 0 Å². The highest BCUT2D eigenvalue weighted by atomic mass is 16.2. The van der Waals surface area contributed by atoms with Crippen LogP contribution in [0.15, 0.2) is 24.3 Å². The summed E-state index contributed by atoms with van der Waals surface area (Å²) in [7, 11) is 0. The zero-order valence-electron chi connectivity index (χ0n) is 18.2. The summed E-state index contributed by atoms with van der Waals surface area (Å²) in [4.78, 5) is 53.9. The van der Waals surface area contributed by atoms with E-state index in [2.05, 4.69) is 24.5 Å². The van der Waals surface area contributed by atoms with Gasteiger partial charge in [-0.1, -0.05) is 26.0 Å². The van der Waals surface area contributed by atoms with Crippen molar-refractivity contribution in [3.63, 3.8) is 0 Å². The van der Waals surface area contributed by atoms with Crippen molar-refractivity contribution in [1.29, 1.82) is 0 Å². The minimum atomic E-state index is -0.826. The minimum Gasteiger partial charge on any atom is -0.353 e. The first-order valence-electron chi connectivity index (χ1n) is 10.8. The number of hydrogen-bond acceptors (Lipinski definition) is 5. The van der Waals surface area contributed by atoms with Crippen LogP contribution in [0.5, 0.6) is 0 Å². The fourth-order valence-electron chi connectivity index (χ4n) is 3.86. The highest BCUT2D eigenvalue weighted by Crippen LogP contribution is 2.18. The lowest BCUT2D eigenvalue weighted by Gasteiger charge is -2.37. The predicted octanol–water partition coefficient (Wildman–Crippen LogP) is 0.240. The van der Waals surface area contributed by atoms with Gasteiger partial charge in [-0.3, -0.25) is 24.1 Å². The highest BCUT2D eigenvalue weighted by molar-refractivity contribution is 5.97. The van der Waals surface area contributed by atoms with Gasteiger partial charge in [0.05, 0.1) is 13.0 Å². The van der Waals surface area contributed by atoms with E-state index in [-0.39, 0.29) is 30.7 Å². The van der Waals surface area contributed by atoms with Crippen molar-refractivity contribution in [1.82, 2.24) is 20.0 Å². The Hall–Kier alpha value is -2.94. The van der Waals surface area contributed by atoms with Crippen molar-refractivity contribution in [2.45, 2.75) is 32.2 Å². The first kappa shape index (κ1) is 22.7. The van der Waals surface area contributed by atoms with Crippen molar-refractivity contribution in [2.75, 3.05) is 51.1 Å². The summed E-state index contributed by atoms with van der Waals surface area (Å²) in [5.41, 5.74) is 1.84. The van der Waals surface area contributed by atoms with Crippen LogP contribution in [0.25, 0.3) is 0 Å². The lowest BCUT2D eigenvalue weighted by molar-refractivity contribution is -0.145. The zero-order valence-corrected chi connectivity index (χ0v) is 18.2. The smallest absolute Gasteiger partial charge is 0.243 e. The first-order valence-corrected chi connectivity index (χ1v) is 10.8. The Balaban J connectivity index is 1.58. The second-order valence-corrected chi connectivity index (χ2v) is 8.34. The molecule has 4 amide bonds. The number of nitrogens with zero attached hydrogens (tertiary/aromatic N) is 3. The van der Waals surface area contributed by atoms with Crippen LogP contribution in [0.2, 0.25) is 0 Å². The van der Waals surface area contributed by atoms with Crippen LogP contribution in [-0.2, 0) is 19.2 Å². The van der Waals surface area contributed by atoms with E-state index in [1.807, 2.05) is 29.2 Å². The molecule has 0 aromatic heterocycles. The van der Waals surface area contributed by atoms with E-state index in [1.165, 1.54) is 10.5 Å². The van der Waals surface area contributed by atoms with E-state index in [9.17, 15) is 19.2 Å². The van der Waals surface area contributed by atoms with Crippen molar-refractivity contribution >= 4 is 29.8 Å². The number of hydrogen-bond donors (Lipinski definition) is 2. The van der Waals surface area contributed by atoms with Crippen LogP contribution in [0, 0.1) is 0 Å². The summed E-state index contributed by atoms with van der Waals surface area (Å²) in [6, 6.07) is 6.79. The van der Waals surface area contributed by atoms with E-state index in [4.69, 9.17) is 0 Å². The number of carbonyl (C=O) groups is 4. The van der Waals surface area contributed by atoms with Gasteiger partial charge >= 0.3 is 0 Å². The number of benzene rings is 1. The molecule has 2 saturated heterocycles. The van der Waals surface area contributed by atoms with Gasteiger partial charge in [0.1, 0.15) is 6.04 Å². The molecule has 2 N–H and O–H groups in total. The maximum Gasteiger partial charge on any atom is 0.243 e. The third kappa shape index (κ3) is 6.04. The lowest BCUT2D eigenvalue weighted by Crippen LogP contribution is -2.60. The molecule has 0 spiro atoms. The van der Waals surface area contributed by atoms with Gasteiger partial charge in [0.15, 0.2) is 0 Å². The van der Waals surface area contributed by atoms with Gasteiger partial charge in [0.2, 0.25) is 24.1 Å². The molecule has 0 bridgehead atoms. The molecule has 9 heteroatoms. The Labute approximate surface area is 182 Å². The summed E-state index contributed by atoms with van der Waals surface area (Å²) in [6.45, 7) is 7.51. The number of carbonyl (C=O) groups excluding carboxylic acids is 4. The van der Waals surface area contributed by atoms with Gasteiger partial charge in [-0.15, -0.1) is 0 Å². The quantitative estimate of drug-likeness (QED) is 0.605. The molecular formula is C22H31N5O4. The van der Waals surface area contributed by atoms with Gasteiger partial charge < -0.3 is 20.4 Å². The number of anilines is 1. The predicted molar refractivity (Wildman–Crippen MR) is 116 cm³/mol. The molecule has 2 heterocycles. The molecule has 2 aliphatic heterocycles. The zero-order chi connectivity index (χ0) is 22.4. The second kappa shape index (κ2) is 10.4. The van der Waals surface area contributed by atoms with Crippen LogP contribution in [-0.4, -0.2) is 90.7 Å². The maximum atomic E-state index is 12.9. The Morgan fingerprint density at radius 2 is 1.81 bits per heavy atom. The Morgan fingerprint density at radius 1 is 1.13 bits per heavy atom. The van der Waals surface area contributed by atoms with Crippen LogP contribution in [0.3, 0.4) is 0 Å². The summed E-state index contributed by atoms with van der Waals surface area (Å²) < 4.78 is 0. The molecule has 168 valence electrons. The van der Waals surface area contributed by atoms with E-state index in [1.54, 1.807) is 4.90 Å². The number of nitrogens with one attached hydrogen (secondary N) is 2. The van der Waals surface area contributed by atoms with E-state index >= 15 is 0 Å². The molecule has 2 aliphatic rings. The fourth-order valence-corrected chi connectivity index (χ4v) is 3.86. The average Bonchev–Trinajstić information content (AvgIpc) is 2.76. The molecule has 1 unspecified atom stereocenters. The number of piperazine rings is 2. The van der Waals surface area contributed by atoms with Gasteiger partial charge in [-0.2, -0.15) is 0 Å². The summed E-state index contributed by atoms with van der Waals surface area (Å²) in [6.07, 6.45) is 0.724. The minimum absolute atomic E-state index is 0.0948. The number of rotatable bonds is 7. The molecule has 3 rings (SSSR count). The normalized spacial score (nSPS) is 19.8. The second-order valence-electron chi connectivity index (χ2n) is 8.34. The Kier molecular flexibility index (Phi) is 7.62. The van der Waals surface area contributed by atoms with E-state index < -0.39 is 6.04 Å². The highest BCUT2D eigenvalue weighted by Gasteiger charge is 2.35. The first-order chi connectivity index (χ1) is 14.9. The van der Waals surface area contributed by atoms with Crippen LogP contribution < -0.4 is 10.6 Å². The summed E-state index contributed by atoms with van der Waals surface area (Å²) in [5.74, 6) is -0.391. The van der Waals surface area contributed by atoms with E-state index in [0.29, 0.717) is 50.9 Å². The molecule has 2 fully saturated rings. The lowest BCUT2D eigenvalue weighted by atomic mass is 10.0. The van der Waals surface area contributed by atoms with Crippen LogP contribution in [0.4, 0.5) is 5.69 Å². The topological polar surface area (TPSA) is 102 Å². The van der Waals surface area contributed by atoms with Crippen molar-refractivity contribution in [3.8, 4) is 0 Å². The van der Waals surface area contributed by atoms with Crippen molar-refractivity contribution < 1.29 is 19.2 Å². The Morgan fingerprint density at radius 3 is 2.42 bits per heavy atom. The molecule has 31 heavy (non-hydrogen) atoms. The molecule has 0 radical (unpaired) electrons. The molecule has 1 atom stereocenters. The molecule has 9 nitrogen and oxygen atoms in total. The summed E-state index contributed by atoms with van der Waals surface area (Å²) >= 11 is 0. The molecule has 1 aromatic rings. The van der Waals surface area contributed by atoms with Gasteiger partial charge in [-0.05, 0) is 23.6 Å². The third-order valence-corrected chi connectivity index (χ3v) is 5.81. The third-order valence-electron chi connectivity index (χ3n) is 5.81. The van der Waals surface area contributed by atoms with E-state index in [0.717, 1.165) is 6.41 Å². The standard InChI is InChI=1S/C22H31N5O4/c1-16(2)17-3-5-18(6-4-17)24-20(29)13-19-22(31)23-7-8-27(19)21(30)14-25-9-11-26(15-28)12-10-25/h3-6,15-16,19H,7-14H2,1-2H3,(H,23,31)(H,24,29). The van der Waals surface area contributed by atoms with Crippen LogP contribution in [0.1, 0.15) is 31.7 Å². The SMILES string of the molecule is CC(C)c1ccc(NC(=O)CC2C(=O)NCCN2C(=O)CN2CCN(C=O)CC2)cc1. The summed E-state index contributed by atoms with van der Waals surface area (Å²) in [5, 5.41) is 5.57. The number of amides is 4. The molecule has 1 aromatic carbocycles. The molecular weight excluding hydrogens is 398 g/mol. The van der Waals surface area contributed by atoms with Crippen molar-refractivity contribution in [2.24, 2.45) is 0 Å². The average molecular weight is 430 g/mol.